The van der Waals surface area contributed by atoms with Gasteiger partial charge in [0.1, 0.15) is 0 Å². The maximum atomic E-state index is 4.21. The molecule has 1 N–H and O–H groups in total. The smallest absolute Gasteiger partial charge is 0.207 e. The second-order valence-electron chi connectivity index (χ2n) is 3.39. The fraction of sp³-hybridized carbons (Fsp3) is 0.250. The number of rotatable bonds is 3. The highest BCUT2D eigenvalue weighted by Gasteiger charge is 2.01. The summed E-state index contributed by atoms with van der Waals surface area (Å²) < 4.78 is 2.03. The minimum atomic E-state index is 0.860. The molecule has 3 nitrogen and oxygen atoms in total. The van der Waals surface area contributed by atoms with Gasteiger partial charge in [-0.05, 0) is 24.1 Å². The van der Waals surface area contributed by atoms with Gasteiger partial charge in [0.15, 0.2) is 0 Å². The van der Waals surface area contributed by atoms with Crippen molar-refractivity contribution in [3.05, 3.63) is 42.2 Å². The number of hydrogen-bond donors (Lipinski definition) is 1. The van der Waals surface area contributed by atoms with E-state index in [2.05, 4.69) is 41.5 Å². The van der Waals surface area contributed by atoms with Crippen LogP contribution in [-0.2, 0) is 6.42 Å². The van der Waals surface area contributed by atoms with Crippen molar-refractivity contribution in [1.82, 2.24) is 9.55 Å². The van der Waals surface area contributed by atoms with Crippen LogP contribution >= 0.6 is 0 Å². The SMILES string of the molecule is CCc1ccc(-n2ccnc2NC)cc1. The van der Waals surface area contributed by atoms with Crippen LogP contribution in [0.5, 0.6) is 0 Å². The second kappa shape index (κ2) is 4.17. The van der Waals surface area contributed by atoms with Gasteiger partial charge in [-0.2, -0.15) is 0 Å². The Morgan fingerprint density at radius 1 is 1.27 bits per heavy atom. The van der Waals surface area contributed by atoms with Gasteiger partial charge in [-0.1, -0.05) is 19.1 Å². The van der Waals surface area contributed by atoms with Crippen molar-refractivity contribution in [2.24, 2.45) is 0 Å². The topological polar surface area (TPSA) is 29.9 Å². The van der Waals surface area contributed by atoms with E-state index >= 15 is 0 Å². The molecule has 0 fully saturated rings. The zero-order valence-electron chi connectivity index (χ0n) is 9.07. The van der Waals surface area contributed by atoms with Gasteiger partial charge in [0.25, 0.3) is 0 Å². The van der Waals surface area contributed by atoms with Crippen molar-refractivity contribution in [2.45, 2.75) is 13.3 Å². The number of aryl methyl sites for hydroxylation is 1. The summed E-state index contributed by atoms with van der Waals surface area (Å²) in [6.07, 6.45) is 4.81. The highest BCUT2D eigenvalue weighted by molar-refractivity contribution is 5.42. The third-order valence-corrected chi connectivity index (χ3v) is 2.49. The summed E-state index contributed by atoms with van der Waals surface area (Å²) in [4.78, 5) is 4.21. The monoisotopic (exact) mass is 201 g/mol. The molecule has 0 aliphatic carbocycles. The average Bonchev–Trinajstić information content (AvgIpc) is 2.77. The zero-order chi connectivity index (χ0) is 10.7. The number of anilines is 1. The molecule has 0 saturated heterocycles. The molecular weight excluding hydrogens is 186 g/mol. The molecule has 1 aromatic heterocycles. The highest BCUT2D eigenvalue weighted by atomic mass is 15.2. The van der Waals surface area contributed by atoms with Gasteiger partial charge in [-0.25, -0.2) is 4.98 Å². The van der Waals surface area contributed by atoms with Gasteiger partial charge < -0.3 is 5.32 Å². The van der Waals surface area contributed by atoms with E-state index < -0.39 is 0 Å². The van der Waals surface area contributed by atoms with Gasteiger partial charge in [0, 0.05) is 25.1 Å². The first-order valence-corrected chi connectivity index (χ1v) is 5.15. The number of hydrogen-bond acceptors (Lipinski definition) is 2. The molecule has 0 bridgehead atoms. The molecule has 0 aliphatic heterocycles. The maximum absolute atomic E-state index is 4.21. The highest BCUT2D eigenvalue weighted by Crippen LogP contribution is 2.14. The van der Waals surface area contributed by atoms with Crippen LogP contribution in [0.25, 0.3) is 5.69 Å². The minimum Gasteiger partial charge on any atom is -0.358 e. The van der Waals surface area contributed by atoms with E-state index in [1.54, 1.807) is 6.20 Å². The molecule has 0 spiro atoms. The predicted molar refractivity (Wildman–Crippen MR) is 62.5 cm³/mol. The lowest BCUT2D eigenvalue weighted by Crippen LogP contribution is -2.00. The number of aromatic nitrogens is 2. The number of nitrogens with one attached hydrogen (secondary N) is 1. The Labute approximate surface area is 89.8 Å². The molecule has 0 saturated carbocycles. The molecule has 3 heteroatoms. The summed E-state index contributed by atoms with van der Waals surface area (Å²) in [5.74, 6) is 0.860. The summed E-state index contributed by atoms with van der Waals surface area (Å²) in [6, 6.07) is 8.52. The molecule has 0 aliphatic rings. The number of benzene rings is 1. The van der Waals surface area contributed by atoms with Crippen molar-refractivity contribution in [2.75, 3.05) is 12.4 Å². The maximum Gasteiger partial charge on any atom is 0.207 e. The summed E-state index contributed by atoms with van der Waals surface area (Å²) in [7, 11) is 1.87. The molecule has 15 heavy (non-hydrogen) atoms. The van der Waals surface area contributed by atoms with Crippen LogP contribution < -0.4 is 5.32 Å². The summed E-state index contributed by atoms with van der Waals surface area (Å²) in [5, 5.41) is 3.05. The molecule has 2 aromatic rings. The summed E-state index contributed by atoms with van der Waals surface area (Å²) >= 11 is 0. The van der Waals surface area contributed by atoms with E-state index in [0.29, 0.717) is 0 Å². The normalized spacial score (nSPS) is 10.3. The molecule has 0 unspecified atom stereocenters. The number of nitrogens with zero attached hydrogens (tertiary/aromatic N) is 2. The van der Waals surface area contributed by atoms with E-state index in [9.17, 15) is 0 Å². The Kier molecular flexibility index (Phi) is 2.72. The number of imidazole rings is 1. The largest absolute Gasteiger partial charge is 0.358 e. The lowest BCUT2D eigenvalue weighted by Gasteiger charge is -2.07. The summed E-state index contributed by atoms with van der Waals surface area (Å²) in [5.41, 5.74) is 2.49. The van der Waals surface area contributed by atoms with Crippen molar-refractivity contribution in [3.63, 3.8) is 0 Å². The van der Waals surface area contributed by atoms with Crippen molar-refractivity contribution < 1.29 is 0 Å². The molecule has 1 aromatic carbocycles. The minimum absolute atomic E-state index is 0.860. The van der Waals surface area contributed by atoms with E-state index in [4.69, 9.17) is 0 Å². The van der Waals surface area contributed by atoms with E-state index in [0.717, 1.165) is 18.1 Å². The van der Waals surface area contributed by atoms with Gasteiger partial charge in [0.05, 0.1) is 0 Å². The Bertz CT molecular complexity index is 428. The quantitative estimate of drug-likeness (QED) is 0.826. The Hall–Kier alpha value is -1.77. The van der Waals surface area contributed by atoms with Crippen LogP contribution in [-0.4, -0.2) is 16.6 Å². The Morgan fingerprint density at radius 3 is 2.60 bits per heavy atom. The predicted octanol–water partition coefficient (Wildman–Crippen LogP) is 2.48. The van der Waals surface area contributed by atoms with Crippen LogP contribution in [0.2, 0.25) is 0 Å². The van der Waals surface area contributed by atoms with Gasteiger partial charge in [0.2, 0.25) is 5.95 Å². The molecule has 78 valence electrons. The first-order chi connectivity index (χ1) is 7.35. The first-order valence-electron chi connectivity index (χ1n) is 5.15. The van der Waals surface area contributed by atoms with Crippen molar-refractivity contribution in [3.8, 4) is 5.69 Å². The molecule has 1 heterocycles. The van der Waals surface area contributed by atoms with E-state index in [1.165, 1.54) is 5.56 Å². The molecule has 2 rings (SSSR count). The van der Waals surface area contributed by atoms with Gasteiger partial charge in [-0.3, -0.25) is 4.57 Å². The molecule has 0 atom stereocenters. The van der Waals surface area contributed by atoms with Crippen LogP contribution in [0.1, 0.15) is 12.5 Å². The first kappa shape index (κ1) is 9.77. The lowest BCUT2D eigenvalue weighted by molar-refractivity contribution is 1.05. The summed E-state index contributed by atoms with van der Waals surface area (Å²) in [6.45, 7) is 2.16. The molecule has 0 amide bonds. The zero-order valence-corrected chi connectivity index (χ0v) is 9.07. The Morgan fingerprint density at radius 2 is 2.00 bits per heavy atom. The van der Waals surface area contributed by atoms with Gasteiger partial charge in [-0.15, -0.1) is 0 Å². The van der Waals surface area contributed by atoms with Crippen LogP contribution in [0.4, 0.5) is 5.95 Å². The second-order valence-corrected chi connectivity index (χ2v) is 3.39. The van der Waals surface area contributed by atoms with Crippen molar-refractivity contribution >= 4 is 5.95 Å². The third-order valence-electron chi connectivity index (χ3n) is 2.49. The molecular formula is C12H15N3. The average molecular weight is 201 g/mol. The fourth-order valence-corrected chi connectivity index (χ4v) is 1.59. The Balaban J connectivity index is 2.37. The molecule has 0 radical (unpaired) electrons. The van der Waals surface area contributed by atoms with Crippen LogP contribution in [0.3, 0.4) is 0 Å². The van der Waals surface area contributed by atoms with Crippen LogP contribution in [0.15, 0.2) is 36.7 Å². The van der Waals surface area contributed by atoms with Crippen LogP contribution in [0, 0.1) is 0 Å². The van der Waals surface area contributed by atoms with Crippen molar-refractivity contribution in [1.29, 1.82) is 0 Å². The fourth-order valence-electron chi connectivity index (χ4n) is 1.59. The lowest BCUT2D eigenvalue weighted by atomic mass is 10.1. The van der Waals surface area contributed by atoms with E-state index in [1.807, 2.05) is 17.8 Å². The standard InChI is InChI=1S/C12H15N3/c1-3-10-4-6-11(7-5-10)15-9-8-14-12(15)13-2/h4-9H,3H2,1-2H3,(H,13,14). The van der Waals surface area contributed by atoms with Gasteiger partial charge >= 0.3 is 0 Å². The third kappa shape index (κ3) is 1.86. The van der Waals surface area contributed by atoms with E-state index in [-0.39, 0.29) is 0 Å².